The number of ether oxygens (including phenoxy) is 6. The summed E-state index contributed by atoms with van der Waals surface area (Å²) in [6.07, 6.45) is 0.959. The number of benzene rings is 5. The first kappa shape index (κ1) is 40.2. The second kappa shape index (κ2) is 19.4. The van der Waals surface area contributed by atoms with Crippen molar-refractivity contribution in [1.82, 2.24) is 0 Å². The molecule has 0 N–H and O–H groups in total. The molecule has 0 atom stereocenters. The largest absolute Gasteiger partial charge is 0.490 e. The lowest BCUT2D eigenvalue weighted by atomic mass is 10.1. The zero-order valence-electron chi connectivity index (χ0n) is 31.0. The van der Waals surface area contributed by atoms with E-state index in [1.54, 1.807) is 123 Å². The molecule has 0 unspecified atom stereocenters. The lowest BCUT2D eigenvalue weighted by Crippen LogP contribution is -2.12. The van der Waals surface area contributed by atoms with Gasteiger partial charge in [0.05, 0.1) is 29.9 Å². The minimum Gasteiger partial charge on any atom is -0.490 e. The molecule has 286 valence electrons. The van der Waals surface area contributed by atoms with Crippen molar-refractivity contribution in [3.8, 4) is 17.2 Å². The van der Waals surface area contributed by atoms with Crippen molar-refractivity contribution in [2.45, 2.75) is 26.7 Å². The van der Waals surface area contributed by atoms with E-state index in [2.05, 4.69) is 13.2 Å². The fourth-order valence-electron chi connectivity index (χ4n) is 5.11. The number of rotatable bonds is 17. The summed E-state index contributed by atoms with van der Waals surface area (Å²) in [6, 6.07) is 30.4. The fourth-order valence-corrected chi connectivity index (χ4v) is 5.11. The molecule has 0 saturated carbocycles. The number of esters is 5. The van der Waals surface area contributed by atoms with Crippen LogP contribution in [0.2, 0.25) is 0 Å². The molecule has 56 heavy (non-hydrogen) atoms. The summed E-state index contributed by atoms with van der Waals surface area (Å²) in [7, 11) is 0. The van der Waals surface area contributed by atoms with Crippen LogP contribution in [0.15, 0.2) is 133 Å². The molecule has 0 bridgehead atoms. The second-order valence-corrected chi connectivity index (χ2v) is 12.7. The topological polar surface area (TPSA) is 141 Å². The third-order valence-electron chi connectivity index (χ3n) is 8.20. The lowest BCUT2D eigenvalue weighted by molar-refractivity contribution is -0.140. The maximum atomic E-state index is 12.8. The number of carbonyl (C=O) groups excluding carboxylic acids is 5. The number of hydrogen-bond donors (Lipinski definition) is 0. The van der Waals surface area contributed by atoms with E-state index in [4.69, 9.17) is 28.4 Å². The van der Waals surface area contributed by atoms with Crippen LogP contribution < -0.4 is 14.2 Å². The Morgan fingerprint density at radius 3 is 1.50 bits per heavy atom. The van der Waals surface area contributed by atoms with Crippen molar-refractivity contribution in [1.29, 1.82) is 0 Å². The fraction of sp³-hybridized carbons (Fsp3) is 0.178. The van der Waals surface area contributed by atoms with Gasteiger partial charge in [0.25, 0.3) is 0 Å². The molecular formula is C45H40O11. The Labute approximate surface area is 324 Å². The average Bonchev–Trinajstić information content (AvgIpc) is 3.20. The Kier molecular flexibility index (Phi) is 13.9. The van der Waals surface area contributed by atoms with Gasteiger partial charge in [-0.05, 0) is 109 Å². The molecule has 11 heteroatoms. The molecule has 0 heterocycles. The third-order valence-corrected chi connectivity index (χ3v) is 8.20. The molecule has 5 aromatic carbocycles. The van der Waals surface area contributed by atoms with Crippen LogP contribution in [0.4, 0.5) is 0 Å². The quantitative estimate of drug-likeness (QED) is 0.0301. The molecule has 0 saturated heterocycles. The van der Waals surface area contributed by atoms with Crippen LogP contribution in [0.1, 0.15) is 56.0 Å². The molecule has 0 fully saturated rings. The SMILES string of the molecule is C=C(C)C(=O)OCCOc1ccc(C(=O)Oc2ccc3cc(C(=O)OCCc4ccc(OC(=O)c5ccc(CCOC(=O)C(=C)C)cc5)cc4)ccc3c2)cc1. The highest BCUT2D eigenvalue weighted by atomic mass is 16.6. The van der Waals surface area contributed by atoms with Crippen LogP contribution in [0.25, 0.3) is 10.8 Å². The molecular weight excluding hydrogens is 716 g/mol. The van der Waals surface area contributed by atoms with E-state index >= 15 is 0 Å². The van der Waals surface area contributed by atoms with E-state index in [0.717, 1.165) is 21.9 Å². The van der Waals surface area contributed by atoms with Crippen LogP contribution in [-0.2, 0) is 36.6 Å². The van der Waals surface area contributed by atoms with Gasteiger partial charge in [-0.1, -0.05) is 49.6 Å². The zero-order valence-corrected chi connectivity index (χ0v) is 31.0. The van der Waals surface area contributed by atoms with Crippen molar-refractivity contribution in [2.24, 2.45) is 0 Å². The molecule has 5 rings (SSSR count). The van der Waals surface area contributed by atoms with Gasteiger partial charge in [-0.25, -0.2) is 24.0 Å². The third kappa shape index (κ3) is 11.7. The molecule has 0 aromatic heterocycles. The standard InChI is InChI=1S/C45H40O11/c1-29(2)41(46)52-23-21-31-5-9-33(10-6-31)44(49)55-39-16-7-32(8-17-39)22-24-53-43(48)37-12-11-36-28-40(20-15-35(36)27-37)56-45(50)34-13-18-38(19-14-34)51-25-26-54-42(47)30(3)4/h5-20,27-28H,1,3,21-26H2,2,4H3. The van der Waals surface area contributed by atoms with Crippen LogP contribution in [-0.4, -0.2) is 56.3 Å². The highest BCUT2D eigenvalue weighted by molar-refractivity contribution is 5.96. The van der Waals surface area contributed by atoms with Crippen LogP contribution in [0.3, 0.4) is 0 Å². The van der Waals surface area contributed by atoms with Crippen molar-refractivity contribution in [2.75, 3.05) is 26.4 Å². The summed E-state index contributed by atoms with van der Waals surface area (Å²) in [5.74, 6) is -1.25. The first-order valence-corrected chi connectivity index (χ1v) is 17.7. The molecule has 0 amide bonds. The van der Waals surface area contributed by atoms with Gasteiger partial charge in [0.2, 0.25) is 0 Å². The molecule has 0 radical (unpaired) electrons. The van der Waals surface area contributed by atoms with Crippen molar-refractivity contribution in [3.63, 3.8) is 0 Å². The van der Waals surface area contributed by atoms with Gasteiger partial charge in [0, 0.05) is 24.0 Å². The highest BCUT2D eigenvalue weighted by Gasteiger charge is 2.13. The van der Waals surface area contributed by atoms with Gasteiger partial charge < -0.3 is 28.4 Å². The summed E-state index contributed by atoms with van der Waals surface area (Å²) in [6.45, 7) is 10.8. The van der Waals surface area contributed by atoms with E-state index < -0.39 is 29.8 Å². The highest BCUT2D eigenvalue weighted by Crippen LogP contribution is 2.24. The molecule has 5 aromatic rings. The van der Waals surface area contributed by atoms with Gasteiger partial charge in [0.15, 0.2) is 0 Å². The predicted molar refractivity (Wildman–Crippen MR) is 208 cm³/mol. The summed E-state index contributed by atoms with van der Waals surface area (Å²) >= 11 is 0. The second-order valence-electron chi connectivity index (χ2n) is 12.7. The Morgan fingerprint density at radius 1 is 0.446 bits per heavy atom. The zero-order chi connectivity index (χ0) is 40.0. The van der Waals surface area contributed by atoms with E-state index in [0.29, 0.717) is 57.9 Å². The van der Waals surface area contributed by atoms with Crippen LogP contribution in [0, 0.1) is 0 Å². The smallest absolute Gasteiger partial charge is 0.343 e. The molecule has 11 nitrogen and oxygen atoms in total. The monoisotopic (exact) mass is 756 g/mol. The minimum atomic E-state index is -0.553. The summed E-state index contributed by atoms with van der Waals surface area (Å²) in [5, 5.41) is 1.52. The minimum absolute atomic E-state index is 0.0687. The van der Waals surface area contributed by atoms with Gasteiger partial charge >= 0.3 is 29.8 Å². The Hall–Kier alpha value is -7.01. The summed E-state index contributed by atoms with van der Waals surface area (Å²) in [5.41, 5.74) is 3.51. The molecule has 0 aliphatic heterocycles. The van der Waals surface area contributed by atoms with E-state index in [-0.39, 0.29) is 26.4 Å². The Bertz CT molecular complexity index is 2240. The Balaban J connectivity index is 1.04. The normalized spacial score (nSPS) is 10.5. The first-order chi connectivity index (χ1) is 26.9. The van der Waals surface area contributed by atoms with Gasteiger partial charge in [-0.2, -0.15) is 0 Å². The van der Waals surface area contributed by atoms with Gasteiger partial charge in [0.1, 0.15) is 30.5 Å². The molecule has 0 aliphatic rings. The first-order valence-electron chi connectivity index (χ1n) is 17.7. The van der Waals surface area contributed by atoms with Crippen molar-refractivity contribution < 1.29 is 52.4 Å². The van der Waals surface area contributed by atoms with Crippen LogP contribution in [0.5, 0.6) is 17.2 Å². The van der Waals surface area contributed by atoms with Gasteiger partial charge in [-0.3, -0.25) is 0 Å². The Morgan fingerprint density at radius 2 is 0.893 bits per heavy atom. The number of fused-ring (bicyclic) bond motifs is 1. The maximum Gasteiger partial charge on any atom is 0.343 e. The lowest BCUT2D eigenvalue weighted by Gasteiger charge is -2.09. The maximum absolute atomic E-state index is 12.8. The van der Waals surface area contributed by atoms with E-state index in [9.17, 15) is 24.0 Å². The molecule has 0 spiro atoms. The summed E-state index contributed by atoms with van der Waals surface area (Å²) in [4.78, 5) is 61.2. The van der Waals surface area contributed by atoms with E-state index in [1.165, 1.54) is 0 Å². The van der Waals surface area contributed by atoms with Crippen LogP contribution >= 0.6 is 0 Å². The average molecular weight is 757 g/mol. The van der Waals surface area contributed by atoms with E-state index in [1.807, 2.05) is 0 Å². The summed E-state index contributed by atoms with van der Waals surface area (Å²) < 4.78 is 32.2. The number of carbonyl (C=O) groups is 5. The number of hydrogen-bond acceptors (Lipinski definition) is 11. The molecule has 0 aliphatic carbocycles. The predicted octanol–water partition coefficient (Wildman–Crippen LogP) is 7.84. The van der Waals surface area contributed by atoms with Gasteiger partial charge in [-0.15, -0.1) is 0 Å². The van der Waals surface area contributed by atoms with Crippen molar-refractivity contribution in [3.05, 3.63) is 161 Å². The van der Waals surface area contributed by atoms with Crippen molar-refractivity contribution >= 4 is 40.6 Å².